The summed E-state index contributed by atoms with van der Waals surface area (Å²) in [6.45, 7) is 1.85. The van der Waals surface area contributed by atoms with Gasteiger partial charge in [0.2, 0.25) is 0 Å². The van der Waals surface area contributed by atoms with Crippen LogP contribution in [0.5, 0.6) is 0 Å². The first kappa shape index (κ1) is 14.8. The van der Waals surface area contributed by atoms with Crippen LogP contribution in [0, 0.1) is 6.92 Å². The molecule has 2 rings (SSSR count). The van der Waals surface area contributed by atoms with Crippen molar-refractivity contribution in [2.24, 2.45) is 0 Å². The molecule has 2 unspecified atom stereocenters. The molecule has 6 heteroatoms. The normalized spacial score (nSPS) is 24.1. The highest BCUT2D eigenvalue weighted by Crippen LogP contribution is 2.36. The molecular formula is C13H19NO3S2. The van der Waals surface area contributed by atoms with E-state index in [1.165, 1.54) is 17.8 Å². The van der Waals surface area contributed by atoms with Crippen molar-refractivity contribution in [1.29, 1.82) is 0 Å². The van der Waals surface area contributed by atoms with Crippen LogP contribution in [0.3, 0.4) is 0 Å². The summed E-state index contributed by atoms with van der Waals surface area (Å²) in [7, 11) is 0. The van der Waals surface area contributed by atoms with Gasteiger partial charge in [-0.1, -0.05) is 31.0 Å². The molecule has 1 fully saturated rings. The first-order valence-electron chi connectivity index (χ1n) is 6.59. The fraction of sp³-hybridized carbons (Fsp3) is 0.692. The number of nitrogens with zero attached hydrogens (tertiary/aromatic N) is 1. The van der Waals surface area contributed by atoms with E-state index in [1.807, 2.05) is 6.92 Å². The van der Waals surface area contributed by atoms with E-state index in [9.17, 15) is 9.90 Å². The highest BCUT2D eigenvalue weighted by atomic mass is 32.2. The smallest absolute Gasteiger partial charge is 0.308 e. The van der Waals surface area contributed by atoms with Gasteiger partial charge in [-0.3, -0.25) is 4.79 Å². The van der Waals surface area contributed by atoms with E-state index < -0.39 is 5.97 Å². The third-order valence-corrected chi connectivity index (χ3v) is 5.99. The molecular weight excluding hydrogens is 282 g/mol. The second kappa shape index (κ2) is 6.72. The van der Waals surface area contributed by atoms with Gasteiger partial charge >= 0.3 is 5.97 Å². The Morgan fingerprint density at radius 2 is 2.16 bits per heavy atom. The lowest BCUT2D eigenvalue weighted by Gasteiger charge is -2.17. The SMILES string of the molecule is Cc1nc(SC2CCCCCC2O)sc1CC(=O)O. The number of aromatic nitrogens is 1. The maximum absolute atomic E-state index is 10.7. The summed E-state index contributed by atoms with van der Waals surface area (Å²) in [5.74, 6) is -0.821. The molecule has 0 bridgehead atoms. The van der Waals surface area contributed by atoms with E-state index in [0.29, 0.717) is 0 Å². The average molecular weight is 301 g/mol. The van der Waals surface area contributed by atoms with E-state index in [-0.39, 0.29) is 17.8 Å². The summed E-state index contributed by atoms with van der Waals surface area (Å²) >= 11 is 3.06. The van der Waals surface area contributed by atoms with Crippen LogP contribution in [0.1, 0.15) is 42.7 Å². The molecule has 2 N–H and O–H groups in total. The van der Waals surface area contributed by atoms with Crippen molar-refractivity contribution in [3.05, 3.63) is 10.6 Å². The number of thiazole rings is 1. The first-order valence-corrected chi connectivity index (χ1v) is 8.28. The van der Waals surface area contributed by atoms with Gasteiger partial charge in [0.25, 0.3) is 0 Å². The number of aliphatic carboxylic acids is 1. The molecule has 1 aromatic rings. The minimum Gasteiger partial charge on any atom is -0.481 e. The second-order valence-corrected chi connectivity index (χ2v) is 7.49. The maximum atomic E-state index is 10.7. The molecule has 2 atom stereocenters. The summed E-state index contributed by atoms with van der Waals surface area (Å²) < 4.78 is 0.889. The quantitative estimate of drug-likeness (QED) is 0.837. The lowest BCUT2D eigenvalue weighted by Crippen LogP contribution is -2.21. The van der Waals surface area contributed by atoms with Gasteiger partial charge < -0.3 is 10.2 Å². The second-order valence-electron chi connectivity index (χ2n) is 4.92. The van der Waals surface area contributed by atoms with Gasteiger partial charge in [-0.2, -0.15) is 0 Å². The average Bonchev–Trinajstić information content (AvgIpc) is 2.54. The van der Waals surface area contributed by atoms with Gasteiger partial charge in [-0.05, 0) is 19.8 Å². The minimum absolute atomic E-state index is 0.0390. The minimum atomic E-state index is -0.821. The molecule has 1 saturated carbocycles. The molecule has 0 aliphatic heterocycles. The zero-order valence-corrected chi connectivity index (χ0v) is 12.6. The van der Waals surface area contributed by atoms with Crippen LogP contribution in [0.15, 0.2) is 4.34 Å². The number of thioether (sulfide) groups is 1. The molecule has 4 nitrogen and oxygen atoms in total. The summed E-state index contributed by atoms with van der Waals surface area (Å²) in [5.41, 5.74) is 0.804. The Balaban J connectivity index is 2.03. The Kier molecular flexibility index (Phi) is 5.24. The van der Waals surface area contributed by atoms with Crippen LogP contribution < -0.4 is 0 Å². The first-order chi connectivity index (χ1) is 9.06. The summed E-state index contributed by atoms with van der Waals surface area (Å²) in [5, 5.41) is 19.1. The number of hydrogen-bond donors (Lipinski definition) is 2. The lowest BCUT2D eigenvalue weighted by atomic mass is 10.1. The highest BCUT2D eigenvalue weighted by Gasteiger charge is 2.24. The molecule has 0 saturated heterocycles. The molecule has 0 amide bonds. The molecule has 0 spiro atoms. The number of hydrogen-bond acceptors (Lipinski definition) is 5. The van der Waals surface area contributed by atoms with Crippen molar-refractivity contribution in [2.45, 2.75) is 61.1 Å². The number of aliphatic hydroxyl groups excluding tert-OH is 1. The van der Waals surface area contributed by atoms with E-state index >= 15 is 0 Å². The number of carboxylic acids is 1. The summed E-state index contributed by atoms with van der Waals surface area (Å²) in [6, 6.07) is 0. The Labute approximate surface area is 121 Å². The molecule has 106 valence electrons. The van der Waals surface area contributed by atoms with Crippen molar-refractivity contribution >= 4 is 29.1 Å². The molecule has 1 aromatic heterocycles. The van der Waals surface area contributed by atoms with Crippen LogP contribution in [0.2, 0.25) is 0 Å². The van der Waals surface area contributed by atoms with Crippen LogP contribution >= 0.6 is 23.1 Å². The molecule has 1 aliphatic rings. The Morgan fingerprint density at radius 1 is 1.42 bits per heavy atom. The van der Waals surface area contributed by atoms with Crippen LogP contribution in [-0.4, -0.2) is 32.5 Å². The van der Waals surface area contributed by atoms with Crippen molar-refractivity contribution in [1.82, 2.24) is 4.98 Å². The summed E-state index contributed by atoms with van der Waals surface area (Å²) in [6.07, 6.45) is 5.09. The van der Waals surface area contributed by atoms with Crippen molar-refractivity contribution < 1.29 is 15.0 Å². The highest BCUT2D eigenvalue weighted by molar-refractivity contribution is 8.01. The van der Waals surface area contributed by atoms with Crippen molar-refractivity contribution in [3.8, 4) is 0 Å². The van der Waals surface area contributed by atoms with Crippen molar-refractivity contribution in [3.63, 3.8) is 0 Å². The standard InChI is InChI=1S/C13H19NO3S2/c1-8-11(7-12(16)17)19-13(14-8)18-10-6-4-2-3-5-9(10)15/h9-10,15H,2-7H2,1H3,(H,16,17). The topological polar surface area (TPSA) is 70.4 Å². The largest absolute Gasteiger partial charge is 0.481 e. The predicted octanol–water partition coefficient (Wildman–Crippen LogP) is 2.86. The van der Waals surface area contributed by atoms with Crippen LogP contribution in [0.25, 0.3) is 0 Å². The van der Waals surface area contributed by atoms with Gasteiger partial charge in [0.1, 0.15) is 0 Å². The Morgan fingerprint density at radius 3 is 2.89 bits per heavy atom. The van der Waals surface area contributed by atoms with E-state index in [1.54, 1.807) is 11.8 Å². The number of rotatable bonds is 4. The molecule has 19 heavy (non-hydrogen) atoms. The maximum Gasteiger partial charge on any atom is 0.308 e. The van der Waals surface area contributed by atoms with Gasteiger partial charge in [0, 0.05) is 10.1 Å². The van der Waals surface area contributed by atoms with E-state index in [0.717, 1.165) is 40.6 Å². The third kappa shape index (κ3) is 4.19. The van der Waals surface area contributed by atoms with E-state index in [4.69, 9.17) is 5.11 Å². The monoisotopic (exact) mass is 301 g/mol. The number of carboxylic acid groups (broad SMARTS) is 1. The Bertz CT molecular complexity index is 447. The fourth-order valence-electron chi connectivity index (χ4n) is 2.27. The van der Waals surface area contributed by atoms with Gasteiger partial charge in [0.05, 0.1) is 18.2 Å². The number of aryl methyl sites for hydroxylation is 1. The fourth-order valence-corrected chi connectivity index (χ4v) is 4.95. The molecule has 1 heterocycles. The summed E-state index contributed by atoms with van der Waals surface area (Å²) in [4.78, 5) is 16.0. The molecule has 0 radical (unpaired) electrons. The van der Waals surface area contributed by atoms with Gasteiger partial charge in [-0.15, -0.1) is 11.3 Å². The zero-order valence-electron chi connectivity index (χ0n) is 11.0. The zero-order chi connectivity index (χ0) is 13.8. The van der Waals surface area contributed by atoms with Crippen molar-refractivity contribution in [2.75, 3.05) is 0 Å². The van der Waals surface area contributed by atoms with Gasteiger partial charge in [0.15, 0.2) is 4.34 Å². The molecule has 0 aromatic carbocycles. The predicted molar refractivity (Wildman–Crippen MR) is 76.9 cm³/mol. The van der Waals surface area contributed by atoms with Crippen LogP contribution in [0.4, 0.5) is 0 Å². The lowest BCUT2D eigenvalue weighted by molar-refractivity contribution is -0.136. The third-order valence-electron chi connectivity index (χ3n) is 3.35. The number of carbonyl (C=O) groups is 1. The Hall–Kier alpha value is -0.590. The van der Waals surface area contributed by atoms with Gasteiger partial charge in [-0.25, -0.2) is 4.98 Å². The van der Waals surface area contributed by atoms with E-state index in [2.05, 4.69) is 4.98 Å². The van der Waals surface area contributed by atoms with Crippen LogP contribution in [-0.2, 0) is 11.2 Å². The number of aliphatic hydroxyl groups is 1. The molecule has 1 aliphatic carbocycles.